The molecule has 100 valence electrons. The number of amides is 1. The van der Waals surface area contributed by atoms with Crippen molar-refractivity contribution in [3.05, 3.63) is 41.5 Å². The Morgan fingerprint density at radius 1 is 1.47 bits per heavy atom. The average Bonchev–Trinajstić information content (AvgIpc) is 2.37. The first kappa shape index (κ1) is 14.8. The molecule has 1 aromatic carbocycles. The fraction of sp³-hybridized carbons (Fsp3) is 0.286. The van der Waals surface area contributed by atoms with Gasteiger partial charge in [0.1, 0.15) is 17.7 Å². The van der Waals surface area contributed by atoms with Crippen LogP contribution >= 0.6 is 0 Å². The van der Waals surface area contributed by atoms with Gasteiger partial charge in [0.2, 0.25) is 5.91 Å². The van der Waals surface area contributed by atoms with Crippen molar-refractivity contribution in [1.29, 1.82) is 5.26 Å². The van der Waals surface area contributed by atoms with Gasteiger partial charge in [-0.2, -0.15) is 5.26 Å². The number of nitrogens with zero attached hydrogens (tertiary/aromatic N) is 1. The van der Waals surface area contributed by atoms with E-state index in [-0.39, 0.29) is 5.56 Å². The number of hydrogen-bond donors (Lipinski definition) is 1. The molecule has 0 radical (unpaired) electrons. The highest BCUT2D eigenvalue weighted by Crippen LogP contribution is 2.13. The lowest BCUT2D eigenvalue weighted by Gasteiger charge is -2.07. The van der Waals surface area contributed by atoms with Gasteiger partial charge in [-0.25, -0.2) is 8.78 Å². The van der Waals surface area contributed by atoms with Gasteiger partial charge in [0, 0.05) is 11.6 Å². The first-order chi connectivity index (χ1) is 9.08. The SMILES string of the molecule is CCC[C@H](C#N)NC(=O)/C=C\c1c(F)cccc1F. The Morgan fingerprint density at radius 2 is 2.11 bits per heavy atom. The van der Waals surface area contributed by atoms with Crippen LogP contribution in [0.15, 0.2) is 24.3 Å². The molecule has 0 aliphatic rings. The summed E-state index contributed by atoms with van der Waals surface area (Å²) in [7, 11) is 0. The number of carbonyl (C=O) groups is 1. The topological polar surface area (TPSA) is 52.9 Å². The number of nitriles is 1. The lowest BCUT2D eigenvalue weighted by molar-refractivity contribution is -0.116. The van der Waals surface area contributed by atoms with Crippen LogP contribution in [0, 0.1) is 23.0 Å². The molecule has 0 aliphatic heterocycles. The van der Waals surface area contributed by atoms with Gasteiger partial charge < -0.3 is 5.32 Å². The second-order valence-electron chi connectivity index (χ2n) is 3.95. The molecule has 1 amide bonds. The number of rotatable bonds is 5. The molecule has 0 spiro atoms. The largest absolute Gasteiger partial charge is 0.337 e. The number of benzene rings is 1. The summed E-state index contributed by atoms with van der Waals surface area (Å²) in [6.07, 6.45) is 3.36. The minimum atomic E-state index is -0.741. The molecule has 19 heavy (non-hydrogen) atoms. The Bertz CT molecular complexity index is 500. The Labute approximate surface area is 110 Å². The molecule has 0 saturated carbocycles. The fourth-order valence-electron chi connectivity index (χ4n) is 1.51. The van der Waals surface area contributed by atoms with Crippen LogP contribution in [0.2, 0.25) is 0 Å². The summed E-state index contributed by atoms with van der Waals surface area (Å²) in [5, 5.41) is 11.2. The second-order valence-corrected chi connectivity index (χ2v) is 3.95. The van der Waals surface area contributed by atoms with Gasteiger partial charge in [-0.1, -0.05) is 19.4 Å². The van der Waals surface area contributed by atoms with Crippen LogP contribution < -0.4 is 5.32 Å². The number of nitrogens with one attached hydrogen (secondary N) is 1. The summed E-state index contributed by atoms with van der Waals surface area (Å²) in [6, 6.07) is 4.81. The third-order valence-corrected chi connectivity index (χ3v) is 2.45. The molecular weight excluding hydrogens is 250 g/mol. The van der Waals surface area contributed by atoms with E-state index in [9.17, 15) is 13.6 Å². The predicted octanol–water partition coefficient (Wildman–Crippen LogP) is 2.79. The van der Waals surface area contributed by atoms with E-state index in [2.05, 4.69) is 5.32 Å². The molecule has 1 atom stereocenters. The number of halogens is 2. The molecule has 5 heteroatoms. The molecule has 1 N–H and O–H groups in total. The Kier molecular flexibility index (Phi) is 5.68. The van der Waals surface area contributed by atoms with E-state index in [0.29, 0.717) is 6.42 Å². The standard InChI is InChI=1S/C14H14F2N2O/c1-2-4-10(9-17)18-14(19)8-7-11-12(15)5-3-6-13(11)16/h3,5-8,10H,2,4H2,1H3,(H,18,19)/b8-7-/t10-/m1/s1. The molecule has 3 nitrogen and oxygen atoms in total. The van der Waals surface area contributed by atoms with E-state index in [1.807, 2.05) is 13.0 Å². The third-order valence-electron chi connectivity index (χ3n) is 2.45. The zero-order chi connectivity index (χ0) is 14.3. The van der Waals surface area contributed by atoms with Crippen molar-refractivity contribution in [3.8, 4) is 6.07 Å². The molecule has 1 rings (SSSR count). The normalized spacial score (nSPS) is 12.1. The third kappa shape index (κ3) is 4.51. The molecular formula is C14H14F2N2O. The van der Waals surface area contributed by atoms with Crippen molar-refractivity contribution in [2.45, 2.75) is 25.8 Å². The van der Waals surface area contributed by atoms with Gasteiger partial charge >= 0.3 is 0 Å². The van der Waals surface area contributed by atoms with E-state index in [0.717, 1.165) is 30.7 Å². The summed E-state index contributed by atoms with van der Waals surface area (Å²) in [5.74, 6) is -2.04. The smallest absolute Gasteiger partial charge is 0.245 e. The minimum absolute atomic E-state index is 0.276. The predicted molar refractivity (Wildman–Crippen MR) is 67.8 cm³/mol. The number of hydrogen-bond acceptors (Lipinski definition) is 2. The van der Waals surface area contributed by atoms with E-state index in [4.69, 9.17) is 5.26 Å². The average molecular weight is 264 g/mol. The van der Waals surface area contributed by atoms with E-state index >= 15 is 0 Å². The van der Waals surface area contributed by atoms with Gasteiger partial charge in [0.05, 0.1) is 6.07 Å². The summed E-state index contributed by atoms with van der Waals surface area (Å²) < 4.78 is 26.6. The van der Waals surface area contributed by atoms with Crippen LogP contribution in [0.3, 0.4) is 0 Å². The highest BCUT2D eigenvalue weighted by Gasteiger charge is 2.09. The van der Waals surface area contributed by atoms with Crippen molar-refractivity contribution in [2.75, 3.05) is 0 Å². The molecule has 0 fully saturated rings. The first-order valence-electron chi connectivity index (χ1n) is 5.90. The maximum atomic E-state index is 13.3. The highest BCUT2D eigenvalue weighted by atomic mass is 19.1. The van der Waals surface area contributed by atoms with Gasteiger partial charge in [0.15, 0.2) is 0 Å². The van der Waals surface area contributed by atoms with Gasteiger partial charge in [0.25, 0.3) is 0 Å². The zero-order valence-corrected chi connectivity index (χ0v) is 10.5. The van der Waals surface area contributed by atoms with Crippen molar-refractivity contribution in [2.24, 2.45) is 0 Å². The lowest BCUT2D eigenvalue weighted by atomic mass is 10.1. The van der Waals surface area contributed by atoms with Crippen LogP contribution in [-0.2, 0) is 4.79 Å². The summed E-state index contributed by atoms with van der Waals surface area (Å²) in [5.41, 5.74) is -0.276. The van der Waals surface area contributed by atoms with Crippen LogP contribution in [0.5, 0.6) is 0 Å². The summed E-state index contributed by atoms with van der Waals surface area (Å²) in [6.45, 7) is 1.89. The Morgan fingerprint density at radius 3 is 2.63 bits per heavy atom. The van der Waals surface area contributed by atoms with E-state index < -0.39 is 23.6 Å². The van der Waals surface area contributed by atoms with Crippen molar-refractivity contribution < 1.29 is 13.6 Å². The maximum absolute atomic E-state index is 13.3. The Hall–Kier alpha value is -2.22. The molecule has 0 saturated heterocycles. The monoisotopic (exact) mass is 264 g/mol. The summed E-state index contributed by atoms with van der Waals surface area (Å²) >= 11 is 0. The van der Waals surface area contributed by atoms with Crippen LogP contribution in [-0.4, -0.2) is 11.9 Å². The second kappa shape index (κ2) is 7.27. The van der Waals surface area contributed by atoms with Crippen molar-refractivity contribution in [1.82, 2.24) is 5.32 Å². The van der Waals surface area contributed by atoms with Crippen molar-refractivity contribution >= 4 is 12.0 Å². The van der Waals surface area contributed by atoms with Crippen LogP contribution in [0.4, 0.5) is 8.78 Å². The highest BCUT2D eigenvalue weighted by molar-refractivity contribution is 5.92. The van der Waals surface area contributed by atoms with Gasteiger partial charge in [-0.05, 0) is 24.6 Å². The maximum Gasteiger partial charge on any atom is 0.245 e. The van der Waals surface area contributed by atoms with E-state index in [1.165, 1.54) is 6.07 Å². The van der Waals surface area contributed by atoms with Crippen molar-refractivity contribution in [3.63, 3.8) is 0 Å². The van der Waals surface area contributed by atoms with E-state index in [1.54, 1.807) is 0 Å². The zero-order valence-electron chi connectivity index (χ0n) is 10.5. The molecule has 1 aromatic rings. The van der Waals surface area contributed by atoms with Crippen LogP contribution in [0.25, 0.3) is 6.08 Å². The summed E-state index contributed by atoms with van der Waals surface area (Å²) in [4.78, 5) is 11.5. The molecule has 0 aromatic heterocycles. The molecule has 0 aliphatic carbocycles. The van der Waals surface area contributed by atoms with Gasteiger partial charge in [-0.15, -0.1) is 0 Å². The lowest BCUT2D eigenvalue weighted by Crippen LogP contribution is -2.32. The molecule has 0 bridgehead atoms. The number of carbonyl (C=O) groups excluding carboxylic acids is 1. The Balaban J connectivity index is 2.71. The van der Waals surface area contributed by atoms with Gasteiger partial charge in [-0.3, -0.25) is 4.79 Å². The van der Waals surface area contributed by atoms with Crippen LogP contribution in [0.1, 0.15) is 25.3 Å². The quantitative estimate of drug-likeness (QED) is 0.831. The minimum Gasteiger partial charge on any atom is -0.337 e. The first-order valence-corrected chi connectivity index (χ1v) is 5.90. The fourth-order valence-corrected chi connectivity index (χ4v) is 1.51. The molecule has 0 heterocycles. The molecule has 0 unspecified atom stereocenters.